The molecule has 0 aromatic heterocycles. The standard InChI is InChI=1S/C11H22N2O5S/c1-9(2)7-12-19(16,17)13-8-11(10(14)15)3-5-18-6-4-11/h9,12-13H,3-8H2,1-2H3,(H,14,15). The monoisotopic (exact) mass is 294 g/mol. The van der Waals surface area contributed by atoms with E-state index in [1.54, 1.807) is 0 Å². The van der Waals surface area contributed by atoms with Crippen molar-refractivity contribution >= 4 is 16.2 Å². The molecule has 0 spiro atoms. The lowest BCUT2D eigenvalue weighted by Gasteiger charge is -2.33. The van der Waals surface area contributed by atoms with Crippen LogP contribution in [0.2, 0.25) is 0 Å². The van der Waals surface area contributed by atoms with E-state index in [0.29, 0.717) is 32.6 Å². The Morgan fingerprint density at radius 2 is 1.89 bits per heavy atom. The normalized spacial score (nSPS) is 19.5. The highest BCUT2D eigenvalue weighted by molar-refractivity contribution is 7.87. The second kappa shape index (κ2) is 6.65. The molecule has 19 heavy (non-hydrogen) atoms. The zero-order chi connectivity index (χ0) is 14.5. The van der Waals surface area contributed by atoms with Gasteiger partial charge in [-0.2, -0.15) is 8.42 Å². The summed E-state index contributed by atoms with van der Waals surface area (Å²) in [6, 6.07) is 0. The molecule has 1 saturated heterocycles. The maximum absolute atomic E-state index is 11.7. The van der Waals surface area contributed by atoms with Crippen LogP contribution < -0.4 is 9.44 Å². The number of nitrogens with one attached hydrogen (secondary N) is 2. The van der Waals surface area contributed by atoms with Crippen molar-refractivity contribution in [1.29, 1.82) is 0 Å². The first-order valence-electron chi connectivity index (χ1n) is 6.33. The summed E-state index contributed by atoms with van der Waals surface area (Å²) in [6.07, 6.45) is 0.629. The van der Waals surface area contributed by atoms with Crippen LogP contribution in [0.4, 0.5) is 0 Å². The third-order valence-electron chi connectivity index (χ3n) is 3.19. The van der Waals surface area contributed by atoms with Crippen molar-refractivity contribution in [3.05, 3.63) is 0 Å². The van der Waals surface area contributed by atoms with Crippen LogP contribution in [0.1, 0.15) is 26.7 Å². The Morgan fingerprint density at radius 1 is 1.32 bits per heavy atom. The van der Waals surface area contributed by atoms with Crippen molar-refractivity contribution in [1.82, 2.24) is 9.44 Å². The maximum atomic E-state index is 11.7. The van der Waals surface area contributed by atoms with Gasteiger partial charge in [0.15, 0.2) is 0 Å². The lowest BCUT2D eigenvalue weighted by atomic mass is 9.80. The summed E-state index contributed by atoms with van der Waals surface area (Å²) >= 11 is 0. The highest BCUT2D eigenvalue weighted by Gasteiger charge is 2.40. The van der Waals surface area contributed by atoms with Gasteiger partial charge in [-0.15, -0.1) is 0 Å². The summed E-state index contributed by atoms with van der Waals surface area (Å²) in [5.74, 6) is -0.796. The first-order chi connectivity index (χ1) is 8.77. The van der Waals surface area contributed by atoms with E-state index in [2.05, 4.69) is 9.44 Å². The van der Waals surface area contributed by atoms with Gasteiger partial charge in [0.1, 0.15) is 0 Å². The highest BCUT2D eigenvalue weighted by Crippen LogP contribution is 2.30. The van der Waals surface area contributed by atoms with Gasteiger partial charge in [0.2, 0.25) is 0 Å². The van der Waals surface area contributed by atoms with Crippen LogP contribution in [0.3, 0.4) is 0 Å². The number of hydrogen-bond acceptors (Lipinski definition) is 4. The Bertz CT molecular complexity index is 401. The van der Waals surface area contributed by atoms with Crippen LogP contribution in [-0.2, 0) is 19.7 Å². The molecular weight excluding hydrogens is 272 g/mol. The highest BCUT2D eigenvalue weighted by atomic mass is 32.2. The van der Waals surface area contributed by atoms with E-state index >= 15 is 0 Å². The molecule has 0 radical (unpaired) electrons. The fourth-order valence-corrected chi connectivity index (χ4v) is 2.91. The maximum Gasteiger partial charge on any atom is 0.311 e. The molecule has 1 rings (SSSR count). The van der Waals surface area contributed by atoms with Crippen molar-refractivity contribution < 1.29 is 23.1 Å². The molecule has 0 atom stereocenters. The van der Waals surface area contributed by atoms with Crippen molar-refractivity contribution in [2.75, 3.05) is 26.3 Å². The molecular formula is C11H22N2O5S. The lowest BCUT2D eigenvalue weighted by molar-refractivity contribution is -0.154. The minimum absolute atomic E-state index is 0.112. The Labute approximate surface area is 113 Å². The first-order valence-corrected chi connectivity index (χ1v) is 7.81. The van der Waals surface area contributed by atoms with E-state index in [1.807, 2.05) is 13.8 Å². The zero-order valence-electron chi connectivity index (χ0n) is 11.3. The number of ether oxygens (including phenoxy) is 1. The fraction of sp³-hybridized carbons (Fsp3) is 0.909. The number of rotatable bonds is 7. The quantitative estimate of drug-likeness (QED) is 0.610. The van der Waals surface area contributed by atoms with Crippen LogP contribution in [0, 0.1) is 11.3 Å². The van der Waals surface area contributed by atoms with Crippen molar-refractivity contribution in [2.24, 2.45) is 11.3 Å². The van der Waals surface area contributed by atoms with Crippen LogP contribution in [0.15, 0.2) is 0 Å². The smallest absolute Gasteiger partial charge is 0.311 e. The van der Waals surface area contributed by atoms with Gasteiger partial charge in [-0.1, -0.05) is 13.8 Å². The lowest BCUT2D eigenvalue weighted by Crippen LogP contribution is -2.49. The van der Waals surface area contributed by atoms with Gasteiger partial charge in [0, 0.05) is 26.3 Å². The summed E-state index contributed by atoms with van der Waals surface area (Å²) < 4.78 is 33.2. The zero-order valence-corrected chi connectivity index (χ0v) is 12.1. The summed E-state index contributed by atoms with van der Waals surface area (Å²) in [7, 11) is -3.65. The predicted octanol–water partition coefficient (Wildman–Crippen LogP) is -0.0522. The molecule has 112 valence electrons. The van der Waals surface area contributed by atoms with E-state index in [4.69, 9.17) is 4.74 Å². The summed E-state index contributed by atoms with van der Waals surface area (Å²) in [5.41, 5.74) is -1.06. The number of hydrogen-bond donors (Lipinski definition) is 3. The van der Waals surface area contributed by atoms with Gasteiger partial charge in [0.25, 0.3) is 10.2 Å². The van der Waals surface area contributed by atoms with Gasteiger partial charge < -0.3 is 9.84 Å². The molecule has 0 amide bonds. The molecule has 1 heterocycles. The Morgan fingerprint density at radius 3 is 2.37 bits per heavy atom. The molecule has 0 aromatic carbocycles. The van der Waals surface area contributed by atoms with E-state index in [1.165, 1.54) is 0 Å². The molecule has 1 aliphatic heterocycles. The number of carboxylic acids is 1. The number of carboxylic acid groups (broad SMARTS) is 1. The van der Waals surface area contributed by atoms with Gasteiger partial charge >= 0.3 is 5.97 Å². The van der Waals surface area contributed by atoms with Gasteiger partial charge in [0.05, 0.1) is 5.41 Å². The van der Waals surface area contributed by atoms with Crippen LogP contribution in [0.25, 0.3) is 0 Å². The topological polar surface area (TPSA) is 105 Å². The molecule has 3 N–H and O–H groups in total. The molecule has 0 bridgehead atoms. The molecule has 0 saturated carbocycles. The predicted molar refractivity (Wildman–Crippen MR) is 69.9 cm³/mol. The largest absolute Gasteiger partial charge is 0.481 e. The number of carbonyl (C=O) groups is 1. The Kier molecular flexibility index (Phi) is 5.72. The average molecular weight is 294 g/mol. The molecule has 0 unspecified atom stereocenters. The summed E-state index contributed by atoms with van der Waals surface area (Å²) in [6.45, 7) is 4.66. The van der Waals surface area contributed by atoms with Crippen LogP contribution >= 0.6 is 0 Å². The van der Waals surface area contributed by atoms with E-state index in [0.717, 1.165) is 0 Å². The van der Waals surface area contributed by atoms with Crippen LogP contribution in [-0.4, -0.2) is 45.8 Å². The molecule has 8 heteroatoms. The van der Waals surface area contributed by atoms with E-state index < -0.39 is 21.6 Å². The first kappa shape index (κ1) is 16.4. The molecule has 1 fully saturated rings. The van der Waals surface area contributed by atoms with Crippen LogP contribution in [0.5, 0.6) is 0 Å². The number of aliphatic carboxylic acids is 1. The fourth-order valence-electron chi connectivity index (χ4n) is 1.79. The SMILES string of the molecule is CC(C)CNS(=O)(=O)NCC1(C(=O)O)CCOCC1. The van der Waals surface area contributed by atoms with Gasteiger partial charge in [-0.05, 0) is 18.8 Å². The third kappa shape index (κ3) is 5.06. The Balaban J connectivity index is 2.59. The molecule has 0 aliphatic carbocycles. The van der Waals surface area contributed by atoms with Gasteiger partial charge in [-0.3, -0.25) is 4.79 Å². The van der Waals surface area contributed by atoms with E-state index in [9.17, 15) is 18.3 Å². The minimum atomic E-state index is -3.65. The van der Waals surface area contributed by atoms with Gasteiger partial charge in [-0.25, -0.2) is 9.44 Å². The third-order valence-corrected chi connectivity index (χ3v) is 4.26. The van der Waals surface area contributed by atoms with E-state index in [-0.39, 0.29) is 12.5 Å². The molecule has 1 aliphatic rings. The minimum Gasteiger partial charge on any atom is -0.481 e. The average Bonchev–Trinajstić information content (AvgIpc) is 2.35. The van der Waals surface area contributed by atoms with Crippen molar-refractivity contribution in [3.63, 3.8) is 0 Å². The second-order valence-electron chi connectivity index (χ2n) is 5.26. The Hall–Kier alpha value is -0.700. The summed E-state index contributed by atoms with van der Waals surface area (Å²) in [5, 5.41) is 9.29. The summed E-state index contributed by atoms with van der Waals surface area (Å²) in [4.78, 5) is 11.3. The second-order valence-corrected chi connectivity index (χ2v) is 6.85. The van der Waals surface area contributed by atoms with Crippen molar-refractivity contribution in [3.8, 4) is 0 Å². The van der Waals surface area contributed by atoms with Crippen molar-refractivity contribution in [2.45, 2.75) is 26.7 Å². The molecule has 7 nitrogen and oxygen atoms in total. The molecule has 0 aromatic rings.